The molecule has 4 rings (SSSR count). The zero-order chi connectivity index (χ0) is 30.5. The van der Waals surface area contributed by atoms with Crippen LogP contribution in [0.15, 0.2) is 71.8 Å². The van der Waals surface area contributed by atoms with Crippen molar-refractivity contribution in [1.82, 2.24) is 4.98 Å². The zero-order valence-corrected chi connectivity index (χ0v) is 24.2. The Balaban J connectivity index is 1.41. The molecule has 3 aromatic rings. The third-order valence-electron chi connectivity index (χ3n) is 7.50. The molecule has 0 aliphatic carbocycles. The maximum Gasteiger partial charge on any atom is 0.416 e. The Hall–Kier alpha value is -3.48. The molecule has 1 fully saturated rings. The molecule has 1 amide bonds. The monoisotopic (exact) mass is 605 g/mol. The number of carbonyl (C=O) groups is 1. The van der Waals surface area contributed by atoms with E-state index in [4.69, 9.17) is 4.74 Å². The lowest BCUT2D eigenvalue weighted by atomic mass is 9.96. The standard InChI is InChI=1S/C30H34F3N3O5S/c1-3-42(39,40)26-11-6-22(7-12-26)27(18-37)29(38)35-24-10-13-28(34-16-24)36-17-21(15-25(36)19-41-2)14-20-4-8-23(9-5-20)30(31,32)33/h4-13,16,21,25,27,37H,3,14-15,17-19H2,1-2H3,(H,35,38)/t21?,25-,27-/m0/s1. The summed E-state index contributed by atoms with van der Waals surface area (Å²) in [5, 5.41) is 12.6. The Labute approximate surface area is 243 Å². The number of amides is 1. The number of pyridine rings is 1. The van der Waals surface area contributed by atoms with Gasteiger partial charge in [-0.15, -0.1) is 0 Å². The molecule has 12 heteroatoms. The fourth-order valence-electron chi connectivity index (χ4n) is 5.23. The van der Waals surface area contributed by atoms with Crippen LogP contribution >= 0.6 is 0 Å². The molecule has 2 N–H and O–H groups in total. The van der Waals surface area contributed by atoms with Gasteiger partial charge in [-0.2, -0.15) is 13.2 Å². The molecule has 0 bridgehead atoms. The summed E-state index contributed by atoms with van der Waals surface area (Å²) in [5.74, 6) is -0.543. The molecule has 226 valence electrons. The van der Waals surface area contributed by atoms with Gasteiger partial charge in [-0.3, -0.25) is 4.79 Å². The number of methoxy groups -OCH3 is 1. The third kappa shape index (κ3) is 7.47. The van der Waals surface area contributed by atoms with Gasteiger partial charge in [0.2, 0.25) is 5.91 Å². The summed E-state index contributed by atoms with van der Waals surface area (Å²) in [6, 6.07) is 14.7. The topological polar surface area (TPSA) is 109 Å². The normalized spacial score (nSPS) is 18.2. The summed E-state index contributed by atoms with van der Waals surface area (Å²) in [5.41, 5.74) is 1.07. The highest BCUT2D eigenvalue weighted by atomic mass is 32.2. The molecule has 1 unspecified atom stereocenters. The number of anilines is 2. The van der Waals surface area contributed by atoms with Crippen molar-refractivity contribution in [2.45, 2.75) is 42.8 Å². The molecule has 0 spiro atoms. The van der Waals surface area contributed by atoms with Gasteiger partial charge >= 0.3 is 6.18 Å². The molecule has 1 saturated heterocycles. The van der Waals surface area contributed by atoms with E-state index >= 15 is 0 Å². The smallest absolute Gasteiger partial charge is 0.395 e. The summed E-state index contributed by atoms with van der Waals surface area (Å²) in [6.07, 6.45) is -1.44. The molecule has 1 aromatic heterocycles. The number of rotatable bonds is 11. The van der Waals surface area contributed by atoms with E-state index in [9.17, 15) is 31.5 Å². The van der Waals surface area contributed by atoms with Gasteiger partial charge in [-0.05, 0) is 66.3 Å². The Bertz CT molecular complexity index is 1450. The van der Waals surface area contributed by atoms with E-state index < -0.39 is 40.0 Å². The number of hydrogen-bond donors (Lipinski definition) is 2. The van der Waals surface area contributed by atoms with Gasteiger partial charge in [0.25, 0.3) is 0 Å². The van der Waals surface area contributed by atoms with Gasteiger partial charge in [0.1, 0.15) is 5.82 Å². The van der Waals surface area contributed by atoms with E-state index in [0.29, 0.717) is 36.6 Å². The quantitative estimate of drug-likeness (QED) is 0.326. The van der Waals surface area contributed by atoms with Crippen LogP contribution in [0, 0.1) is 5.92 Å². The van der Waals surface area contributed by atoms with Gasteiger partial charge < -0.3 is 20.1 Å². The largest absolute Gasteiger partial charge is 0.416 e. The minimum absolute atomic E-state index is 0.0284. The molecule has 0 saturated carbocycles. The Morgan fingerprint density at radius 3 is 2.36 bits per heavy atom. The Morgan fingerprint density at radius 1 is 1.12 bits per heavy atom. The van der Waals surface area contributed by atoms with Crippen molar-refractivity contribution >= 4 is 27.2 Å². The van der Waals surface area contributed by atoms with Crippen LogP contribution in [0.3, 0.4) is 0 Å². The predicted molar refractivity (Wildman–Crippen MR) is 153 cm³/mol. The van der Waals surface area contributed by atoms with Crippen molar-refractivity contribution in [1.29, 1.82) is 0 Å². The van der Waals surface area contributed by atoms with Crippen LogP contribution in [-0.2, 0) is 32.0 Å². The summed E-state index contributed by atoms with van der Waals surface area (Å²) >= 11 is 0. The van der Waals surface area contributed by atoms with Crippen LogP contribution < -0.4 is 10.2 Å². The molecular formula is C30H34F3N3O5S. The summed E-state index contributed by atoms with van der Waals surface area (Å²) < 4.78 is 68.3. The molecule has 8 nitrogen and oxygen atoms in total. The predicted octanol–water partition coefficient (Wildman–Crippen LogP) is 4.69. The molecule has 3 atom stereocenters. The van der Waals surface area contributed by atoms with Crippen LogP contribution in [0.2, 0.25) is 0 Å². The van der Waals surface area contributed by atoms with Gasteiger partial charge in [-0.25, -0.2) is 13.4 Å². The lowest BCUT2D eigenvalue weighted by Gasteiger charge is -2.25. The molecule has 42 heavy (non-hydrogen) atoms. The fourth-order valence-corrected chi connectivity index (χ4v) is 6.11. The summed E-state index contributed by atoms with van der Waals surface area (Å²) in [7, 11) is -1.77. The number of halogens is 3. The fraction of sp³-hybridized carbons (Fsp3) is 0.400. The number of nitrogens with one attached hydrogen (secondary N) is 1. The molecule has 1 aliphatic heterocycles. The van der Waals surface area contributed by atoms with E-state index in [0.717, 1.165) is 24.1 Å². The zero-order valence-electron chi connectivity index (χ0n) is 23.3. The number of nitrogens with zero attached hydrogens (tertiary/aromatic N) is 2. The molecule has 2 aromatic carbocycles. The SMILES string of the molecule is CCS(=O)(=O)c1ccc([C@H](CO)C(=O)Nc2ccc(N3CC(Cc4ccc(C(F)(F)F)cc4)C[C@H]3COC)nc2)cc1. The lowest BCUT2D eigenvalue weighted by molar-refractivity contribution is -0.137. The second-order valence-corrected chi connectivity index (χ2v) is 12.6. The highest BCUT2D eigenvalue weighted by Gasteiger charge is 2.34. The summed E-state index contributed by atoms with van der Waals surface area (Å²) in [6.45, 7) is 2.18. The van der Waals surface area contributed by atoms with Crippen molar-refractivity contribution in [2.24, 2.45) is 5.92 Å². The summed E-state index contributed by atoms with van der Waals surface area (Å²) in [4.78, 5) is 19.7. The second kappa shape index (κ2) is 13.2. The maximum atomic E-state index is 12.9. The van der Waals surface area contributed by atoms with Crippen LogP contribution in [-0.4, -0.2) is 63.1 Å². The number of hydrogen-bond acceptors (Lipinski definition) is 7. The van der Waals surface area contributed by atoms with Crippen molar-refractivity contribution in [2.75, 3.05) is 42.8 Å². The number of aliphatic hydroxyl groups excluding tert-OH is 1. The lowest BCUT2D eigenvalue weighted by Crippen LogP contribution is -2.33. The van der Waals surface area contributed by atoms with Crippen LogP contribution in [0.5, 0.6) is 0 Å². The average molecular weight is 606 g/mol. The van der Waals surface area contributed by atoms with Gasteiger partial charge in [0, 0.05) is 13.7 Å². The molecule has 2 heterocycles. The highest BCUT2D eigenvalue weighted by molar-refractivity contribution is 7.91. The van der Waals surface area contributed by atoms with E-state index in [1.54, 1.807) is 26.2 Å². The van der Waals surface area contributed by atoms with E-state index in [-0.39, 0.29) is 22.6 Å². The number of aromatic nitrogens is 1. The Kier molecular flexibility index (Phi) is 9.90. The van der Waals surface area contributed by atoms with E-state index in [1.165, 1.54) is 42.6 Å². The van der Waals surface area contributed by atoms with Crippen molar-refractivity contribution in [3.63, 3.8) is 0 Å². The van der Waals surface area contributed by atoms with Crippen molar-refractivity contribution in [3.05, 3.63) is 83.6 Å². The first-order valence-electron chi connectivity index (χ1n) is 13.6. The first-order chi connectivity index (χ1) is 19.9. The Morgan fingerprint density at radius 2 is 1.81 bits per heavy atom. The minimum atomic E-state index is -4.37. The van der Waals surface area contributed by atoms with Gasteiger partial charge in [0.15, 0.2) is 9.84 Å². The number of benzene rings is 2. The van der Waals surface area contributed by atoms with E-state index in [1.807, 2.05) is 0 Å². The molecule has 0 radical (unpaired) electrons. The van der Waals surface area contributed by atoms with Crippen molar-refractivity contribution < 1.29 is 36.2 Å². The number of ether oxygens (including phenoxy) is 1. The minimum Gasteiger partial charge on any atom is -0.395 e. The number of carbonyl (C=O) groups excluding carboxylic acids is 1. The van der Waals surface area contributed by atoms with Crippen LogP contribution in [0.25, 0.3) is 0 Å². The number of alkyl halides is 3. The van der Waals surface area contributed by atoms with Crippen LogP contribution in [0.4, 0.5) is 24.7 Å². The van der Waals surface area contributed by atoms with Crippen LogP contribution in [0.1, 0.15) is 36.0 Å². The van der Waals surface area contributed by atoms with Gasteiger partial charge in [-0.1, -0.05) is 31.2 Å². The first kappa shape index (κ1) is 31.5. The van der Waals surface area contributed by atoms with Crippen molar-refractivity contribution in [3.8, 4) is 0 Å². The highest BCUT2D eigenvalue weighted by Crippen LogP contribution is 2.33. The number of aliphatic hydroxyl groups is 1. The molecular weight excluding hydrogens is 571 g/mol. The maximum absolute atomic E-state index is 12.9. The van der Waals surface area contributed by atoms with Gasteiger partial charge in [0.05, 0.1) is 53.3 Å². The average Bonchev–Trinajstić information content (AvgIpc) is 3.36. The first-order valence-corrected chi connectivity index (χ1v) is 15.2. The van der Waals surface area contributed by atoms with E-state index in [2.05, 4.69) is 15.2 Å². The molecule has 1 aliphatic rings. The second-order valence-electron chi connectivity index (χ2n) is 10.4. The third-order valence-corrected chi connectivity index (χ3v) is 9.25. The number of sulfone groups is 1.